The number of hydrogen-bond acceptors (Lipinski definition) is 4. The van der Waals surface area contributed by atoms with Crippen LogP contribution in [0.3, 0.4) is 0 Å². The molecule has 0 amide bonds. The highest BCUT2D eigenvalue weighted by atomic mass is 127. The van der Waals surface area contributed by atoms with Gasteiger partial charge in [0.25, 0.3) is 0 Å². The Hall–Kier alpha value is -2.55. The minimum atomic E-state index is -0.461. The summed E-state index contributed by atoms with van der Waals surface area (Å²) in [5.41, 5.74) is 3.55. The molecule has 0 radical (unpaired) electrons. The molecule has 0 saturated carbocycles. The Labute approximate surface area is 169 Å². The third kappa shape index (κ3) is 3.27. The number of aromatic nitrogens is 4. The van der Waals surface area contributed by atoms with E-state index in [1.807, 2.05) is 64.4 Å². The number of fused-ring (bicyclic) bond motifs is 1. The molecule has 0 spiro atoms. The third-order valence-electron chi connectivity index (χ3n) is 4.33. The lowest BCUT2D eigenvalue weighted by Gasteiger charge is -2.10. The number of methoxy groups -OCH3 is 1. The van der Waals surface area contributed by atoms with E-state index in [4.69, 9.17) is 4.74 Å². The second kappa shape index (κ2) is 7.22. The second-order valence-electron chi connectivity index (χ2n) is 6.11. The van der Waals surface area contributed by atoms with Gasteiger partial charge < -0.3 is 9.30 Å². The molecular formula is C20H16FIN4O. The van der Waals surface area contributed by atoms with Crippen molar-refractivity contribution in [2.45, 2.75) is 13.5 Å². The smallest absolute Gasteiger partial charge is 0.177 e. The normalized spacial score (nSPS) is 11.1. The van der Waals surface area contributed by atoms with Crippen molar-refractivity contribution in [2.75, 3.05) is 7.11 Å². The molecule has 0 fully saturated rings. The van der Waals surface area contributed by atoms with E-state index in [0.29, 0.717) is 38.4 Å². The van der Waals surface area contributed by atoms with E-state index in [1.165, 1.54) is 7.11 Å². The van der Waals surface area contributed by atoms with Crippen LogP contribution in [0.15, 0.2) is 48.8 Å². The van der Waals surface area contributed by atoms with E-state index in [1.54, 1.807) is 18.5 Å². The standard InChI is InChI=1S/C20H16FIN4O/c1-12-17-20(26(11-23-17)10-13-6-4-3-5-7-13)25-19(24-12)14-8-9-15(22)18(27-2)16(14)21/h3-9,11H,10H2,1-2H3. The van der Waals surface area contributed by atoms with Crippen molar-refractivity contribution in [3.63, 3.8) is 0 Å². The number of hydrogen-bond donors (Lipinski definition) is 0. The summed E-state index contributed by atoms with van der Waals surface area (Å²) in [5, 5.41) is 0. The van der Waals surface area contributed by atoms with E-state index in [-0.39, 0.29) is 5.75 Å². The van der Waals surface area contributed by atoms with Gasteiger partial charge in [-0.15, -0.1) is 0 Å². The molecule has 2 aromatic heterocycles. The number of benzene rings is 2. The molecule has 7 heteroatoms. The van der Waals surface area contributed by atoms with Crippen LogP contribution in [0.1, 0.15) is 11.3 Å². The molecule has 0 saturated heterocycles. The monoisotopic (exact) mass is 474 g/mol. The highest BCUT2D eigenvalue weighted by Gasteiger charge is 2.18. The molecule has 4 rings (SSSR count). The first-order chi connectivity index (χ1) is 13.1. The van der Waals surface area contributed by atoms with E-state index >= 15 is 0 Å². The Balaban J connectivity index is 1.85. The summed E-state index contributed by atoms with van der Waals surface area (Å²) in [4.78, 5) is 13.5. The van der Waals surface area contributed by atoms with Gasteiger partial charge in [0.05, 0.1) is 34.8 Å². The van der Waals surface area contributed by atoms with Crippen LogP contribution >= 0.6 is 22.6 Å². The molecule has 0 unspecified atom stereocenters. The van der Waals surface area contributed by atoms with Crippen molar-refractivity contribution >= 4 is 33.8 Å². The van der Waals surface area contributed by atoms with Crippen molar-refractivity contribution in [3.05, 3.63) is 69.4 Å². The first-order valence-corrected chi connectivity index (χ1v) is 9.42. The number of ether oxygens (including phenoxy) is 1. The van der Waals surface area contributed by atoms with Crippen LogP contribution in [0, 0.1) is 16.3 Å². The predicted molar refractivity (Wildman–Crippen MR) is 110 cm³/mol. The zero-order chi connectivity index (χ0) is 19.0. The van der Waals surface area contributed by atoms with Gasteiger partial charge in [-0.3, -0.25) is 0 Å². The van der Waals surface area contributed by atoms with Gasteiger partial charge in [-0.1, -0.05) is 30.3 Å². The molecule has 0 bridgehead atoms. The molecule has 2 aromatic carbocycles. The Morgan fingerprint density at radius 2 is 1.89 bits per heavy atom. The maximum atomic E-state index is 14.9. The SMILES string of the molecule is COc1c(I)ccc(-c2nc(C)c3ncn(Cc4ccccc4)c3n2)c1F. The van der Waals surface area contributed by atoms with Gasteiger partial charge in [0.2, 0.25) is 0 Å². The average molecular weight is 474 g/mol. The Morgan fingerprint density at radius 1 is 1.11 bits per heavy atom. The predicted octanol–water partition coefficient (Wildman–Crippen LogP) is 4.60. The molecule has 0 aliphatic rings. The number of nitrogens with zero attached hydrogens (tertiary/aromatic N) is 4. The number of imidazole rings is 1. The summed E-state index contributed by atoms with van der Waals surface area (Å²) < 4.78 is 22.7. The van der Waals surface area contributed by atoms with Crippen LogP contribution < -0.4 is 4.74 Å². The fourth-order valence-corrected chi connectivity index (χ4v) is 3.63. The number of rotatable bonds is 4. The quantitative estimate of drug-likeness (QED) is 0.406. The molecule has 0 aliphatic carbocycles. The largest absolute Gasteiger partial charge is 0.493 e. The lowest BCUT2D eigenvalue weighted by Crippen LogP contribution is -2.03. The third-order valence-corrected chi connectivity index (χ3v) is 5.18. The van der Waals surface area contributed by atoms with E-state index in [2.05, 4.69) is 15.0 Å². The number of halogens is 2. The summed E-state index contributed by atoms with van der Waals surface area (Å²) >= 11 is 2.04. The number of aryl methyl sites for hydroxylation is 1. The Morgan fingerprint density at radius 3 is 2.63 bits per heavy atom. The molecule has 27 heavy (non-hydrogen) atoms. The van der Waals surface area contributed by atoms with Gasteiger partial charge >= 0.3 is 0 Å². The molecule has 136 valence electrons. The van der Waals surface area contributed by atoms with Crippen LogP contribution in [0.4, 0.5) is 4.39 Å². The van der Waals surface area contributed by atoms with E-state index in [9.17, 15) is 4.39 Å². The van der Waals surface area contributed by atoms with Crippen LogP contribution in [0.25, 0.3) is 22.6 Å². The minimum Gasteiger partial charge on any atom is -0.493 e. The molecular weight excluding hydrogens is 458 g/mol. The van der Waals surface area contributed by atoms with Crippen molar-refractivity contribution in [1.82, 2.24) is 19.5 Å². The highest BCUT2D eigenvalue weighted by Crippen LogP contribution is 2.32. The van der Waals surface area contributed by atoms with Gasteiger partial charge in [0.1, 0.15) is 5.52 Å². The second-order valence-corrected chi connectivity index (χ2v) is 7.27. The maximum absolute atomic E-state index is 14.9. The average Bonchev–Trinajstić information content (AvgIpc) is 3.06. The topological polar surface area (TPSA) is 52.8 Å². The fraction of sp³-hybridized carbons (Fsp3) is 0.150. The summed E-state index contributed by atoms with van der Waals surface area (Å²) in [6.45, 7) is 2.49. The summed E-state index contributed by atoms with van der Waals surface area (Å²) in [5.74, 6) is 0.0616. The molecule has 2 heterocycles. The maximum Gasteiger partial charge on any atom is 0.177 e. The molecule has 0 aliphatic heterocycles. The summed E-state index contributed by atoms with van der Waals surface area (Å²) in [6, 6.07) is 13.5. The van der Waals surface area contributed by atoms with Gasteiger partial charge in [-0.05, 0) is 47.2 Å². The van der Waals surface area contributed by atoms with Gasteiger partial charge in [-0.25, -0.2) is 19.3 Å². The van der Waals surface area contributed by atoms with Gasteiger partial charge in [0.15, 0.2) is 23.0 Å². The fourth-order valence-electron chi connectivity index (χ4n) is 2.99. The highest BCUT2D eigenvalue weighted by molar-refractivity contribution is 14.1. The zero-order valence-corrected chi connectivity index (χ0v) is 16.9. The first-order valence-electron chi connectivity index (χ1n) is 8.34. The van der Waals surface area contributed by atoms with Crippen molar-refractivity contribution in [1.29, 1.82) is 0 Å². The van der Waals surface area contributed by atoms with E-state index in [0.717, 1.165) is 5.56 Å². The van der Waals surface area contributed by atoms with Crippen molar-refractivity contribution < 1.29 is 9.13 Å². The Kier molecular flexibility index (Phi) is 4.77. The van der Waals surface area contributed by atoms with Crippen LogP contribution in [-0.2, 0) is 6.54 Å². The zero-order valence-electron chi connectivity index (χ0n) is 14.8. The first kappa shape index (κ1) is 17.8. The van der Waals surface area contributed by atoms with E-state index < -0.39 is 5.82 Å². The van der Waals surface area contributed by atoms with Crippen LogP contribution in [0.5, 0.6) is 5.75 Å². The molecule has 0 atom stereocenters. The van der Waals surface area contributed by atoms with Crippen molar-refractivity contribution in [3.8, 4) is 17.1 Å². The molecule has 0 N–H and O–H groups in total. The lowest BCUT2D eigenvalue weighted by molar-refractivity contribution is 0.384. The van der Waals surface area contributed by atoms with Gasteiger partial charge in [0, 0.05) is 0 Å². The van der Waals surface area contributed by atoms with Gasteiger partial charge in [-0.2, -0.15) is 0 Å². The van der Waals surface area contributed by atoms with Crippen LogP contribution in [0.2, 0.25) is 0 Å². The Bertz CT molecular complexity index is 1130. The molecule has 5 nitrogen and oxygen atoms in total. The molecule has 4 aromatic rings. The summed E-state index contributed by atoms with van der Waals surface area (Å²) in [6.07, 6.45) is 1.74. The minimum absolute atomic E-state index is 0.201. The van der Waals surface area contributed by atoms with Crippen molar-refractivity contribution in [2.24, 2.45) is 0 Å². The summed E-state index contributed by atoms with van der Waals surface area (Å²) in [7, 11) is 1.45. The van der Waals surface area contributed by atoms with Crippen LogP contribution in [-0.4, -0.2) is 26.6 Å². The lowest BCUT2D eigenvalue weighted by atomic mass is 10.1.